The summed E-state index contributed by atoms with van der Waals surface area (Å²) in [6.07, 6.45) is 3.25. The molecule has 0 aliphatic carbocycles. The fourth-order valence-electron chi connectivity index (χ4n) is 1.81. The summed E-state index contributed by atoms with van der Waals surface area (Å²) in [4.78, 5) is 11.9. The van der Waals surface area contributed by atoms with E-state index in [1.807, 2.05) is 0 Å². The van der Waals surface area contributed by atoms with Gasteiger partial charge in [-0.05, 0) is 23.8 Å². The second-order valence-electron chi connectivity index (χ2n) is 4.21. The lowest BCUT2D eigenvalue weighted by atomic mass is 10.1. The summed E-state index contributed by atoms with van der Waals surface area (Å²) in [6, 6.07) is 6.92. The third-order valence-corrected chi connectivity index (χ3v) is 2.80. The minimum absolute atomic E-state index is 0.0922. The third kappa shape index (κ3) is 3.59. The van der Waals surface area contributed by atoms with Crippen molar-refractivity contribution in [2.75, 3.05) is 14.2 Å². The quantitative estimate of drug-likeness (QED) is 0.650. The van der Waals surface area contributed by atoms with Gasteiger partial charge < -0.3 is 9.47 Å². The van der Waals surface area contributed by atoms with Gasteiger partial charge in [0.1, 0.15) is 0 Å². The first-order valence-electron chi connectivity index (χ1n) is 6.23. The van der Waals surface area contributed by atoms with Gasteiger partial charge in [0, 0.05) is 12.4 Å². The van der Waals surface area contributed by atoms with Crippen molar-refractivity contribution >= 4 is 11.9 Å². The normalized spacial score (nSPS) is 10.0. The molecule has 21 heavy (non-hydrogen) atoms. The van der Waals surface area contributed by atoms with Crippen molar-refractivity contribution in [3.05, 3.63) is 42.2 Å². The summed E-state index contributed by atoms with van der Waals surface area (Å²) in [5.41, 5.74) is 0.762. The van der Waals surface area contributed by atoms with E-state index in [1.165, 1.54) is 18.0 Å². The predicted octanol–water partition coefficient (Wildman–Crippen LogP) is 1.04. The van der Waals surface area contributed by atoms with Gasteiger partial charge in [0.25, 0.3) is 0 Å². The number of aromatic nitrogens is 2. The Kier molecular flexibility index (Phi) is 4.55. The first kappa shape index (κ1) is 14.6. The number of nitrogens with one attached hydrogen (secondary N) is 2. The van der Waals surface area contributed by atoms with E-state index in [9.17, 15) is 4.79 Å². The van der Waals surface area contributed by atoms with E-state index >= 15 is 0 Å². The Labute approximate surface area is 122 Å². The maximum Gasteiger partial charge on any atom is 0.231 e. The van der Waals surface area contributed by atoms with Crippen LogP contribution in [-0.4, -0.2) is 35.9 Å². The zero-order valence-electron chi connectivity index (χ0n) is 11.8. The lowest BCUT2D eigenvalue weighted by molar-refractivity contribution is -0.119. The molecule has 0 saturated heterocycles. The first-order valence-corrected chi connectivity index (χ1v) is 6.23. The van der Waals surface area contributed by atoms with Crippen LogP contribution in [0.4, 0.5) is 0 Å². The summed E-state index contributed by atoms with van der Waals surface area (Å²) in [7, 11) is 3.09. The lowest BCUT2D eigenvalue weighted by Crippen LogP contribution is -2.36. The highest BCUT2D eigenvalue weighted by atomic mass is 16.5. The van der Waals surface area contributed by atoms with Gasteiger partial charge in [-0.25, -0.2) is 4.68 Å². The number of benzene rings is 1. The minimum Gasteiger partial charge on any atom is -0.493 e. The van der Waals surface area contributed by atoms with Crippen molar-refractivity contribution in [3.63, 3.8) is 0 Å². The zero-order chi connectivity index (χ0) is 15.2. The number of hydrogen-bond acceptors (Lipinski definition) is 5. The van der Waals surface area contributed by atoms with Gasteiger partial charge in [-0.1, -0.05) is 6.07 Å². The molecule has 0 aliphatic heterocycles. The Morgan fingerprint density at radius 1 is 1.33 bits per heavy atom. The molecule has 0 saturated carbocycles. The van der Waals surface area contributed by atoms with Crippen LogP contribution < -0.4 is 14.8 Å². The summed E-state index contributed by atoms with van der Waals surface area (Å²) in [5.74, 6) is 0.768. The standard InChI is InChI=1S/C14H16N4O3/c1-20-11-5-4-10(8-12(11)21-2)9-13(19)17-14(15)18-7-3-6-16-18/h3-8H,9H2,1-2H3,(H2,15,17,19). The first-order chi connectivity index (χ1) is 10.1. The Bertz CT molecular complexity index is 638. The van der Waals surface area contributed by atoms with E-state index in [0.29, 0.717) is 11.5 Å². The van der Waals surface area contributed by atoms with E-state index < -0.39 is 0 Å². The highest BCUT2D eigenvalue weighted by Crippen LogP contribution is 2.27. The lowest BCUT2D eigenvalue weighted by Gasteiger charge is -2.10. The van der Waals surface area contributed by atoms with Gasteiger partial charge in [-0.15, -0.1) is 0 Å². The van der Waals surface area contributed by atoms with Crippen LogP contribution in [0.25, 0.3) is 0 Å². The molecule has 0 aliphatic rings. The number of amides is 1. The van der Waals surface area contributed by atoms with Gasteiger partial charge in [0.15, 0.2) is 11.5 Å². The molecule has 0 radical (unpaired) electrons. The molecule has 1 aromatic carbocycles. The van der Waals surface area contributed by atoms with Crippen LogP contribution in [0, 0.1) is 5.41 Å². The molecule has 0 unspecified atom stereocenters. The second kappa shape index (κ2) is 6.56. The predicted molar refractivity (Wildman–Crippen MR) is 76.7 cm³/mol. The molecule has 1 aromatic heterocycles. The second-order valence-corrected chi connectivity index (χ2v) is 4.21. The van der Waals surface area contributed by atoms with Crippen LogP contribution in [0.2, 0.25) is 0 Å². The Hall–Kier alpha value is -2.83. The molecule has 110 valence electrons. The number of methoxy groups -OCH3 is 2. The molecule has 0 bridgehead atoms. The van der Waals surface area contributed by atoms with E-state index in [4.69, 9.17) is 14.9 Å². The summed E-state index contributed by atoms with van der Waals surface area (Å²) >= 11 is 0. The van der Waals surface area contributed by atoms with Gasteiger partial charge in [-0.3, -0.25) is 15.5 Å². The molecule has 7 nitrogen and oxygen atoms in total. The Morgan fingerprint density at radius 2 is 2.10 bits per heavy atom. The van der Waals surface area contributed by atoms with Crippen molar-refractivity contribution in [1.29, 1.82) is 5.41 Å². The van der Waals surface area contributed by atoms with Crippen LogP contribution >= 0.6 is 0 Å². The molecule has 0 fully saturated rings. The fraction of sp³-hybridized carbons (Fsp3) is 0.214. The molecule has 1 heterocycles. The summed E-state index contributed by atoms with van der Waals surface area (Å²) in [5, 5.41) is 14.0. The molecule has 2 aromatic rings. The molecule has 0 atom stereocenters. The zero-order valence-corrected chi connectivity index (χ0v) is 11.8. The minimum atomic E-state index is -0.303. The van der Waals surface area contributed by atoms with Crippen molar-refractivity contribution in [2.45, 2.75) is 6.42 Å². The topological polar surface area (TPSA) is 89.2 Å². The number of nitrogens with zero attached hydrogens (tertiary/aromatic N) is 2. The largest absolute Gasteiger partial charge is 0.493 e. The van der Waals surface area contributed by atoms with E-state index in [1.54, 1.807) is 37.6 Å². The van der Waals surface area contributed by atoms with Crippen LogP contribution in [0.5, 0.6) is 11.5 Å². The average Bonchev–Trinajstić information content (AvgIpc) is 3.01. The Balaban J connectivity index is 2.01. The molecule has 7 heteroatoms. The summed E-state index contributed by atoms with van der Waals surface area (Å²) < 4.78 is 11.6. The van der Waals surface area contributed by atoms with E-state index in [2.05, 4.69) is 10.4 Å². The average molecular weight is 288 g/mol. The number of ether oxygens (including phenoxy) is 2. The number of rotatable bonds is 4. The monoisotopic (exact) mass is 288 g/mol. The van der Waals surface area contributed by atoms with Gasteiger partial charge >= 0.3 is 0 Å². The van der Waals surface area contributed by atoms with Gasteiger partial charge in [0.2, 0.25) is 11.9 Å². The smallest absolute Gasteiger partial charge is 0.231 e. The Morgan fingerprint density at radius 3 is 2.71 bits per heavy atom. The molecular formula is C14H16N4O3. The van der Waals surface area contributed by atoms with Crippen molar-refractivity contribution in [1.82, 2.24) is 15.1 Å². The van der Waals surface area contributed by atoms with Crippen LogP contribution in [0.15, 0.2) is 36.7 Å². The summed E-state index contributed by atoms with van der Waals surface area (Å²) in [6.45, 7) is 0. The molecule has 1 amide bonds. The van der Waals surface area contributed by atoms with Crippen LogP contribution in [-0.2, 0) is 11.2 Å². The highest BCUT2D eigenvalue weighted by Gasteiger charge is 2.10. The van der Waals surface area contributed by atoms with Crippen LogP contribution in [0.1, 0.15) is 5.56 Å². The fourth-order valence-corrected chi connectivity index (χ4v) is 1.81. The molecular weight excluding hydrogens is 272 g/mol. The van der Waals surface area contributed by atoms with Gasteiger partial charge in [-0.2, -0.15) is 5.10 Å². The SMILES string of the molecule is COc1ccc(CC(=O)NC(=N)n2cccn2)cc1OC. The third-order valence-electron chi connectivity index (χ3n) is 2.80. The molecule has 2 rings (SSSR count). The van der Waals surface area contributed by atoms with Crippen molar-refractivity contribution in [3.8, 4) is 11.5 Å². The van der Waals surface area contributed by atoms with Crippen LogP contribution in [0.3, 0.4) is 0 Å². The van der Waals surface area contributed by atoms with Gasteiger partial charge in [0.05, 0.1) is 20.6 Å². The number of carbonyl (C=O) groups excluding carboxylic acids is 1. The molecule has 2 N–H and O–H groups in total. The molecule has 0 spiro atoms. The van der Waals surface area contributed by atoms with E-state index in [-0.39, 0.29) is 18.3 Å². The maximum absolute atomic E-state index is 11.9. The van der Waals surface area contributed by atoms with Crippen molar-refractivity contribution in [2.24, 2.45) is 0 Å². The maximum atomic E-state index is 11.9. The highest BCUT2D eigenvalue weighted by molar-refractivity contribution is 5.96. The van der Waals surface area contributed by atoms with E-state index in [0.717, 1.165) is 5.56 Å². The van der Waals surface area contributed by atoms with Crippen molar-refractivity contribution < 1.29 is 14.3 Å². The number of hydrogen-bond donors (Lipinski definition) is 2. The number of carbonyl (C=O) groups is 1.